The molecule has 0 saturated heterocycles. The second kappa shape index (κ2) is 10.8. The summed E-state index contributed by atoms with van der Waals surface area (Å²) in [5.74, 6) is 0.802. The Morgan fingerprint density at radius 2 is 1.93 bits per heavy atom. The van der Waals surface area contributed by atoms with Crippen LogP contribution in [-0.2, 0) is 0 Å². The number of Topliss-reactive ketones (excluding diaryl/α,β-unsaturated/α-hetero) is 1. The van der Waals surface area contributed by atoms with Crippen molar-refractivity contribution in [1.82, 2.24) is 15.3 Å². The van der Waals surface area contributed by atoms with Crippen molar-refractivity contribution in [2.24, 2.45) is 5.92 Å². The van der Waals surface area contributed by atoms with Crippen LogP contribution in [0, 0.1) is 5.92 Å². The van der Waals surface area contributed by atoms with Crippen molar-refractivity contribution in [3.63, 3.8) is 0 Å². The molecule has 0 aliphatic heterocycles. The average molecular weight is 398 g/mol. The van der Waals surface area contributed by atoms with E-state index in [0.29, 0.717) is 11.6 Å². The van der Waals surface area contributed by atoms with Gasteiger partial charge in [0.05, 0.1) is 6.04 Å². The Bertz CT molecular complexity index is 622. The largest absolute Gasteiger partial charge is 0.520 e. The van der Waals surface area contributed by atoms with Gasteiger partial charge in [0.15, 0.2) is 0 Å². The van der Waals surface area contributed by atoms with Gasteiger partial charge in [0.25, 0.3) is 5.22 Å². The molecule has 0 unspecified atom stereocenters. The Morgan fingerprint density at radius 1 is 1.26 bits per heavy atom. The number of thioether (sulfide) groups is 1. The number of ketones is 1. The zero-order valence-corrected chi connectivity index (χ0v) is 17.8. The van der Waals surface area contributed by atoms with Crippen LogP contribution in [0.15, 0.2) is 9.64 Å². The lowest BCUT2D eigenvalue weighted by Crippen LogP contribution is -2.57. The minimum absolute atomic E-state index is 0.0298. The molecule has 1 fully saturated rings. The Labute approximate surface area is 166 Å². The predicted molar refractivity (Wildman–Crippen MR) is 105 cm³/mol. The van der Waals surface area contributed by atoms with Crippen LogP contribution in [0.3, 0.4) is 0 Å². The molecule has 152 valence electrons. The molecule has 0 radical (unpaired) electrons. The number of carbonyl (C=O) groups excluding carboxylic acids is 2. The highest BCUT2D eigenvalue weighted by molar-refractivity contribution is 7.99. The molecule has 1 N–H and O–H groups in total. The summed E-state index contributed by atoms with van der Waals surface area (Å²) in [5.41, 5.74) is 0. The van der Waals surface area contributed by atoms with Crippen molar-refractivity contribution in [2.45, 2.75) is 70.1 Å². The Kier molecular flexibility index (Phi) is 8.76. The molecule has 1 aliphatic rings. The summed E-state index contributed by atoms with van der Waals surface area (Å²) in [7, 11) is 3.99. The number of hydrogen-bond donors (Lipinski definition) is 1. The quantitative estimate of drug-likeness (QED) is 0.314. The second-order valence-electron chi connectivity index (χ2n) is 7.90. The van der Waals surface area contributed by atoms with E-state index in [1.807, 2.05) is 27.9 Å². The molecular weight excluding hydrogens is 364 g/mol. The third kappa shape index (κ3) is 7.25. The molecule has 0 aromatic carbocycles. The molecule has 27 heavy (non-hydrogen) atoms. The fourth-order valence-corrected chi connectivity index (χ4v) is 3.99. The zero-order chi connectivity index (χ0) is 19.8. The van der Waals surface area contributed by atoms with E-state index in [1.54, 1.807) is 0 Å². The van der Waals surface area contributed by atoms with Crippen molar-refractivity contribution >= 4 is 23.6 Å². The van der Waals surface area contributed by atoms with E-state index in [-0.39, 0.29) is 29.7 Å². The summed E-state index contributed by atoms with van der Waals surface area (Å²) >= 11 is 1.41. The van der Waals surface area contributed by atoms with E-state index in [0.717, 1.165) is 42.7 Å². The van der Waals surface area contributed by atoms with E-state index in [2.05, 4.69) is 15.3 Å². The normalized spacial score (nSPS) is 15.9. The van der Waals surface area contributed by atoms with Crippen LogP contribution in [-0.4, -0.2) is 54.2 Å². The Hall–Kier alpha value is -1.41. The molecule has 0 bridgehead atoms. The van der Waals surface area contributed by atoms with Crippen LogP contribution in [0.2, 0.25) is 0 Å². The molecule has 1 aromatic heterocycles. The van der Waals surface area contributed by atoms with Gasteiger partial charge in [-0.2, -0.15) is 4.79 Å². The SMILES string of the molecule is CC(C)CC(=O)c1oc(SCCN(C)C)n[n+]1C(=O)NC1CCCCCC1. The summed E-state index contributed by atoms with van der Waals surface area (Å²) in [6.07, 6.45) is 6.96. The number of carbonyl (C=O) groups is 2. The van der Waals surface area contributed by atoms with Gasteiger partial charge in [0.2, 0.25) is 5.78 Å². The smallest absolute Gasteiger partial charge is 0.390 e. The number of nitrogens with zero attached hydrogens (tertiary/aromatic N) is 3. The van der Waals surface area contributed by atoms with Gasteiger partial charge in [0, 0.05) is 18.7 Å². The minimum atomic E-state index is -0.364. The van der Waals surface area contributed by atoms with E-state index < -0.39 is 0 Å². The Morgan fingerprint density at radius 3 is 2.52 bits per heavy atom. The lowest BCUT2D eigenvalue weighted by atomic mass is 10.1. The summed E-state index contributed by atoms with van der Waals surface area (Å²) in [4.78, 5) is 27.4. The van der Waals surface area contributed by atoms with Crippen LogP contribution in [0.5, 0.6) is 0 Å². The van der Waals surface area contributed by atoms with Crippen LogP contribution in [0.1, 0.15) is 69.5 Å². The van der Waals surface area contributed by atoms with Crippen molar-refractivity contribution in [3.05, 3.63) is 5.89 Å². The van der Waals surface area contributed by atoms with Gasteiger partial charge in [-0.05, 0) is 55.5 Å². The number of amides is 1. The van der Waals surface area contributed by atoms with Gasteiger partial charge in [-0.15, -0.1) is 0 Å². The molecular formula is C19H33N4O3S+. The van der Waals surface area contributed by atoms with Crippen LogP contribution in [0.25, 0.3) is 0 Å². The molecule has 0 spiro atoms. The molecule has 0 atom stereocenters. The van der Waals surface area contributed by atoms with Gasteiger partial charge in [-0.25, -0.2) is 5.32 Å². The molecule has 1 aliphatic carbocycles. The first-order chi connectivity index (χ1) is 12.9. The number of rotatable bonds is 8. The van der Waals surface area contributed by atoms with Gasteiger partial charge in [-0.3, -0.25) is 4.79 Å². The molecule has 1 heterocycles. The van der Waals surface area contributed by atoms with Crippen molar-refractivity contribution in [1.29, 1.82) is 0 Å². The first kappa shape index (κ1) is 21.9. The second-order valence-corrected chi connectivity index (χ2v) is 8.94. The monoisotopic (exact) mass is 397 g/mol. The zero-order valence-electron chi connectivity index (χ0n) is 17.0. The third-order valence-electron chi connectivity index (χ3n) is 4.53. The van der Waals surface area contributed by atoms with Gasteiger partial charge < -0.3 is 9.32 Å². The molecule has 2 rings (SSSR count). The Balaban J connectivity index is 2.13. The first-order valence-electron chi connectivity index (χ1n) is 9.91. The van der Waals surface area contributed by atoms with Crippen molar-refractivity contribution < 1.29 is 18.7 Å². The maximum Gasteiger partial charge on any atom is 0.520 e. The summed E-state index contributed by atoms with van der Waals surface area (Å²) in [6.45, 7) is 4.80. The van der Waals surface area contributed by atoms with Gasteiger partial charge in [-0.1, -0.05) is 38.5 Å². The van der Waals surface area contributed by atoms with Crippen LogP contribution in [0.4, 0.5) is 4.79 Å². The summed E-state index contributed by atoms with van der Waals surface area (Å²) < 4.78 is 6.81. The molecule has 8 heteroatoms. The highest BCUT2D eigenvalue weighted by atomic mass is 32.2. The van der Waals surface area contributed by atoms with E-state index >= 15 is 0 Å². The third-order valence-corrected chi connectivity index (χ3v) is 5.33. The van der Waals surface area contributed by atoms with E-state index in [9.17, 15) is 9.59 Å². The van der Waals surface area contributed by atoms with Crippen LogP contribution >= 0.6 is 11.8 Å². The summed E-state index contributed by atoms with van der Waals surface area (Å²) in [5, 5.41) is 7.69. The maximum absolute atomic E-state index is 12.8. The average Bonchev–Trinajstić information content (AvgIpc) is 2.84. The van der Waals surface area contributed by atoms with Gasteiger partial charge >= 0.3 is 11.9 Å². The lowest BCUT2D eigenvalue weighted by Gasteiger charge is -2.09. The fraction of sp³-hybridized carbons (Fsp3) is 0.789. The number of nitrogens with one attached hydrogen (secondary N) is 1. The highest BCUT2D eigenvalue weighted by Crippen LogP contribution is 2.19. The topological polar surface area (TPSA) is 79.3 Å². The van der Waals surface area contributed by atoms with Crippen molar-refractivity contribution in [3.8, 4) is 0 Å². The molecule has 7 nitrogen and oxygen atoms in total. The number of hydrogen-bond acceptors (Lipinski definition) is 6. The highest BCUT2D eigenvalue weighted by Gasteiger charge is 2.33. The lowest BCUT2D eigenvalue weighted by molar-refractivity contribution is -0.640. The standard InChI is InChI=1S/C19H32N4O3S/c1-14(2)13-16(24)17-23(21-19(26-17)27-12-11-22(3)4)18(25)20-15-9-7-5-6-8-10-15/h14-15H,5-13H2,1-4H3/p+1. The van der Waals surface area contributed by atoms with E-state index in [1.165, 1.54) is 24.6 Å². The van der Waals surface area contributed by atoms with E-state index in [4.69, 9.17) is 4.42 Å². The first-order valence-corrected chi connectivity index (χ1v) is 10.9. The maximum atomic E-state index is 12.8. The summed E-state index contributed by atoms with van der Waals surface area (Å²) in [6, 6.07) is -0.223. The van der Waals surface area contributed by atoms with Gasteiger partial charge in [0.1, 0.15) is 0 Å². The van der Waals surface area contributed by atoms with Crippen LogP contribution < -0.4 is 10.00 Å². The molecule has 1 amide bonds. The molecule has 1 aromatic rings. The van der Waals surface area contributed by atoms with Crippen molar-refractivity contribution in [2.75, 3.05) is 26.4 Å². The number of aromatic nitrogens is 2. The molecule has 1 saturated carbocycles. The fourth-order valence-electron chi connectivity index (χ4n) is 3.08. The minimum Gasteiger partial charge on any atom is -0.390 e. The predicted octanol–water partition coefficient (Wildman–Crippen LogP) is 3.13.